The summed E-state index contributed by atoms with van der Waals surface area (Å²) in [7, 11) is 0. The summed E-state index contributed by atoms with van der Waals surface area (Å²) in [5.74, 6) is 8.05. The molecular formula is C14H25N. The van der Waals surface area contributed by atoms with Gasteiger partial charge in [0.05, 0.1) is 0 Å². The van der Waals surface area contributed by atoms with Crippen molar-refractivity contribution in [2.24, 2.45) is 11.8 Å². The fraction of sp³-hybridized carbons (Fsp3) is 0.857. The zero-order chi connectivity index (χ0) is 11.1. The average Bonchev–Trinajstić information content (AvgIpc) is 2.25. The van der Waals surface area contributed by atoms with Crippen LogP contribution in [0.2, 0.25) is 0 Å². The lowest BCUT2D eigenvalue weighted by Gasteiger charge is -2.32. The highest BCUT2D eigenvalue weighted by atomic mass is 14.9. The van der Waals surface area contributed by atoms with Crippen LogP contribution in [-0.4, -0.2) is 12.6 Å². The first-order valence-corrected chi connectivity index (χ1v) is 6.40. The molecule has 1 heteroatoms. The quantitative estimate of drug-likeness (QED) is 0.698. The van der Waals surface area contributed by atoms with Crippen LogP contribution >= 0.6 is 0 Å². The third-order valence-corrected chi connectivity index (χ3v) is 3.59. The summed E-state index contributed by atoms with van der Waals surface area (Å²) >= 11 is 0. The molecule has 0 aromatic carbocycles. The molecule has 86 valence electrons. The molecule has 1 unspecified atom stereocenters. The number of hydrogen-bond donors (Lipinski definition) is 1. The van der Waals surface area contributed by atoms with E-state index in [1.165, 1.54) is 25.7 Å². The molecule has 0 saturated heterocycles. The van der Waals surface area contributed by atoms with Gasteiger partial charge in [0.15, 0.2) is 0 Å². The first-order valence-electron chi connectivity index (χ1n) is 6.40. The van der Waals surface area contributed by atoms with Crippen molar-refractivity contribution < 1.29 is 0 Å². The maximum Gasteiger partial charge on any atom is 0.0245 e. The van der Waals surface area contributed by atoms with Gasteiger partial charge in [-0.1, -0.05) is 26.7 Å². The Morgan fingerprint density at radius 1 is 1.27 bits per heavy atom. The van der Waals surface area contributed by atoms with E-state index in [1.54, 1.807) is 0 Å². The van der Waals surface area contributed by atoms with Gasteiger partial charge in [0.1, 0.15) is 0 Å². The Balaban J connectivity index is 2.42. The van der Waals surface area contributed by atoms with Gasteiger partial charge >= 0.3 is 0 Å². The van der Waals surface area contributed by atoms with Crippen LogP contribution in [0.4, 0.5) is 0 Å². The van der Waals surface area contributed by atoms with Gasteiger partial charge in [-0.3, -0.25) is 0 Å². The van der Waals surface area contributed by atoms with Crippen molar-refractivity contribution in [2.75, 3.05) is 6.54 Å². The summed E-state index contributed by atoms with van der Waals surface area (Å²) in [6.45, 7) is 7.58. The summed E-state index contributed by atoms with van der Waals surface area (Å²) in [5, 5.41) is 3.60. The van der Waals surface area contributed by atoms with E-state index in [1.807, 2.05) is 6.92 Å². The molecule has 0 heterocycles. The van der Waals surface area contributed by atoms with E-state index in [4.69, 9.17) is 0 Å². The molecule has 0 bridgehead atoms. The fourth-order valence-corrected chi connectivity index (χ4v) is 2.57. The van der Waals surface area contributed by atoms with Crippen molar-refractivity contribution in [1.82, 2.24) is 5.32 Å². The number of hydrogen-bond acceptors (Lipinski definition) is 1. The Hall–Kier alpha value is -0.480. The molecule has 0 aromatic heterocycles. The molecule has 1 aliphatic carbocycles. The van der Waals surface area contributed by atoms with Crippen LogP contribution in [0.15, 0.2) is 0 Å². The lowest BCUT2D eigenvalue weighted by Crippen LogP contribution is -2.37. The van der Waals surface area contributed by atoms with Gasteiger partial charge in [0, 0.05) is 12.5 Å². The van der Waals surface area contributed by atoms with Gasteiger partial charge in [0.2, 0.25) is 0 Å². The molecule has 15 heavy (non-hydrogen) atoms. The molecule has 1 N–H and O–H groups in total. The molecule has 0 spiro atoms. The summed E-state index contributed by atoms with van der Waals surface area (Å²) in [6.07, 6.45) is 6.63. The predicted octanol–water partition coefficient (Wildman–Crippen LogP) is 3.20. The van der Waals surface area contributed by atoms with Gasteiger partial charge in [-0.25, -0.2) is 0 Å². The highest BCUT2D eigenvalue weighted by Crippen LogP contribution is 2.31. The molecule has 1 nitrogen and oxygen atoms in total. The molecule has 1 aliphatic rings. The fourth-order valence-electron chi connectivity index (χ4n) is 2.57. The highest BCUT2D eigenvalue weighted by Gasteiger charge is 2.24. The van der Waals surface area contributed by atoms with Crippen LogP contribution in [0, 0.1) is 23.7 Å². The molecule has 1 atom stereocenters. The summed E-state index contributed by atoms with van der Waals surface area (Å²) in [4.78, 5) is 0. The Morgan fingerprint density at radius 3 is 2.47 bits per heavy atom. The van der Waals surface area contributed by atoms with Gasteiger partial charge in [-0.15, -0.1) is 11.8 Å². The van der Waals surface area contributed by atoms with E-state index in [9.17, 15) is 0 Å². The average molecular weight is 207 g/mol. The van der Waals surface area contributed by atoms with Crippen LogP contribution in [0.1, 0.15) is 52.9 Å². The van der Waals surface area contributed by atoms with Crippen molar-refractivity contribution in [3.05, 3.63) is 0 Å². The van der Waals surface area contributed by atoms with Crippen molar-refractivity contribution in [2.45, 2.75) is 58.9 Å². The zero-order valence-electron chi connectivity index (χ0n) is 10.5. The van der Waals surface area contributed by atoms with Crippen LogP contribution in [-0.2, 0) is 0 Å². The second-order valence-corrected chi connectivity index (χ2v) is 4.82. The minimum Gasteiger partial charge on any atom is -0.313 e. The van der Waals surface area contributed by atoms with E-state index in [0.29, 0.717) is 6.04 Å². The third-order valence-electron chi connectivity index (χ3n) is 3.59. The van der Waals surface area contributed by atoms with Gasteiger partial charge in [-0.05, 0) is 38.1 Å². The van der Waals surface area contributed by atoms with E-state index in [0.717, 1.165) is 24.8 Å². The first kappa shape index (κ1) is 12.6. The Kier molecular flexibility index (Phi) is 5.79. The predicted molar refractivity (Wildman–Crippen MR) is 66.7 cm³/mol. The van der Waals surface area contributed by atoms with E-state index >= 15 is 0 Å². The standard InChI is InChI=1S/C14H25N/c1-4-6-7-14(15-5-2)13-10-8-12(3)9-11-13/h12-15H,5,7-11H2,1-3H3. The van der Waals surface area contributed by atoms with Gasteiger partial charge < -0.3 is 5.32 Å². The number of nitrogens with one attached hydrogen (secondary N) is 1. The summed E-state index contributed by atoms with van der Waals surface area (Å²) in [5.41, 5.74) is 0. The van der Waals surface area contributed by atoms with Crippen LogP contribution in [0.25, 0.3) is 0 Å². The van der Waals surface area contributed by atoms with Crippen molar-refractivity contribution in [1.29, 1.82) is 0 Å². The minimum atomic E-state index is 0.634. The smallest absolute Gasteiger partial charge is 0.0245 e. The SMILES string of the molecule is CC#CCC(NCC)C1CCC(C)CC1. The van der Waals surface area contributed by atoms with Gasteiger partial charge in [0.25, 0.3) is 0 Å². The minimum absolute atomic E-state index is 0.634. The summed E-state index contributed by atoms with van der Waals surface area (Å²) < 4.78 is 0. The second kappa shape index (κ2) is 6.90. The maximum absolute atomic E-state index is 3.60. The molecule has 1 saturated carbocycles. The lowest BCUT2D eigenvalue weighted by atomic mass is 9.78. The van der Waals surface area contributed by atoms with Crippen molar-refractivity contribution >= 4 is 0 Å². The lowest BCUT2D eigenvalue weighted by molar-refractivity contribution is 0.233. The largest absolute Gasteiger partial charge is 0.313 e. The van der Waals surface area contributed by atoms with E-state index in [-0.39, 0.29) is 0 Å². The third kappa shape index (κ3) is 4.26. The normalized spacial score (nSPS) is 27.9. The molecule has 0 aromatic rings. The Morgan fingerprint density at radius 2 is 1.93 bits per heavy atom. The van der Waals surface area contributed by atoms with Crippen molar-refractivity contribution in [3.63, 3.8) is 0 Å². The molecule has 1 fully saturated rings. The molecule has 1 rings (SSSR count). The van der Waals surface area contributed by atoms with E-state index < -0.39 is 0 Å². The van der Waals surface area contributed by atoms with Gasteiger partial charge in [-0.2, -0.15) is 0 Å². The van der Waals surface area contributed by atoms with Crippen LogP contribution in [0.3, 0.4) is 0 Å². The monoisotopic (exact) mass is 207 g/mol. The summed E-state index contributed by atoms with van der Waals surface area (Å²) in [6, 6.07) is 0.634. The highest BCUT2D eigenvalue weighted by molar-refractivity contribution is 4.99. The first-order chi connectivity index (χ1) is 7.27. The second-order valence-electron chi connectivity index (χ2n) is 4.82. The Labute approximate surface area is 95.0 Å². The number of rotatable bonds is 4. The molecule has 0 amide bonds. The molecule has 0 aliphatic heterocycles. The maximum atomic E-state index is 3.60. The van der Waals surface area contributed by atoms with Crippen LogP contribution in [0.5, 0.6) is 0 Å². The zero-order valence-corrected chi connectivity index (χ0v) is 10.5. The van der Waals surface area contributed by atoms with Crippen molar-refractivity contribution in [3.8, 4) is 11.8 Å². The Bertz CT molecular complexity index is 215. The molecular weight excluding hydrogens is 182 g/mol. The van der Waals surface area contributed by atoms with E-state index in [2.05, 4.69) is 31.0 Å². The topological polar surface area (TPSA) is 12.0 Å². The van der Waals surface area contributed by atoms with Crippen LogP contribution < -0.4 is 5.32 Å². The molecule has 0 radical (unpaired) electrons.